The molecule has 0 fully saturated rings. The number of rotatable bonds is 4. The molecule has 0 aliphatic rings. The van der Waals surface area contributed by atoms with Crippen LogP contribution in [0.15, 0.2) is 46.1 Å². The minimum absolute atomic E-state index is 0.0573. The van der Waals surface area contributed by atoms with E-state index in [1.807, 2.05) is 6.07 Å². The number of nitrogens with zero attached hydrogens (tertiary/aromatic N) is 1. The normalized spacial score (nSPS) is 11.7. The molecule has 5 nitrogen and oxygen atoms in total. The molecule has 1 aromatic heterocycles. The van der Waals surface area contributed by atoms with Crippen LogP contribution < -0.4 is 5.43 Å². The molecule has 1 heterocycles. The first-order chi connectivity index (χ1) is 13.1. The fourth-order valence-electron chi connectivity index (χ4n) is 3.06. The van der Waals surface area contributed by atoms with Crippen LogP contribution in [0.1, 0.15) is 19.4 Å². The third-order valence-electron chi connectivity index (χ3n) is 4.13. The molecule has 0 saturated heterocycles. The Kier molecular flexibility index (Phi) is 5.04. The maximum atomic E-state index is 14.0. The number of hydrogen-bond acceptors (Lipinski definition) is 4. The summed E-state index contributed by atoms with van der Waals surface area (Å²) in [7, 11) is -3.73. The van der Waals surface area contributed by atoms with Crippen molar-refractivity contribution in [2.24, 2.45) is 5.92 Å². The second-order valence-corrected chi connectivity index (χ2v) is 8.86. The van der Waals surface area contributed by atoms with E-state index in [-0.39, 0.29) is 44.3 Å². The van der Waals surface area contributed by atoms with Crippen LogP contribution in [-0.4, -0.2) is 19.2 Å². The fourth-order valence-corrected chi connectivity index (χ4v) is 4.90. The van der Waals surface area contributed by atoms with Gasteiger partial charge in [0.1, 0.15) is 11.6 Å². The van der Waals surface area contributed by atoms with Gasteiger partial charge in [-0.25, -0.2) is 17.2 Å². The maximum absolute atomic E-state index is 14.0. The molecular formula is C20H16F2N2O3S. The quantitative estimate of drug-likeness (QED) is 0.719. The van der Waals surface area contributed by atoms with Gasteiger partial charge >= 0.3 is 0 Å². The van der Waals surface area contributed by atoms with Gasteiger partial charge in [0.05, 0.1) is 38.9 Å². The molecule has 1 N–H and O–H groups in total. The van der Waals surface area contributed by atoms with E-state index in [0.717, 1.165) is 12.1 Å². The summed E-state index contributed by atoms with van der Waals surface area (Å²) in [5.41, 5.74) is -0.486. The van der Waals surface area contributed by atoms with Crippen LogP contribution in [0, 0.1) is 28.9 Å². The van der Waals surface area contributed by atoms with Crippen molar-refractivity contribution in [3.63, 3.8) is 0 Å². The molecular weight excluding hydrogens is 386 g/mol. The molecule has 28 heavy (non-hydrogen) atoms. The second-order valence-electron chi connectivity index (χ2n) is 6.86. The number of nitriles is 1. The molecule has 3 aromatic rings. The van der Waals surface area contributed by atoms with Gasteiger partial charge in [0.2, 0.25) is 0 Å². The average molecular weight is 402 g/mol. The molecule has 144 valence electrons. The number of H-pyrrole nitrogens is 1. The van der Waals surface area contributed by atoms with E-state index < -0.39 is 26.9 Å². The summed E-state index contributed by atoms with van der Waals surface area (Å²) >= 11 is 0. The first-order valence-electron chi connectivity index (χ1n) is 8.41. The number of hydrogen-bond donors (Lipinski definition) is 1. The lowest BCUT2D eigenvalue weighted by Gasteiger charge is -2.13. The van der Waals surface area contributed by atoms with Crippen LogP contribution in [0.25, 0.3) is 22.2 Å². The molecule has 0 atom stereocenters. The summed E-state index contributed by atoms with van der Waals surface area (Å²) < 4.78 is 53.2. The summed E-state index contributed by atoms with van der Waals surface area (Å²) in [4.78, 5) is 15.1. The van der Waals surface area contributed by atoms with Gasteiger partial charge in [0, 0.05) is 17.7 Å². The molecule has 0 aliphatic carbocycles. The maximum Gasteiger partial charge on any atom is 0.192 e. The summed E-state index contributed by atoms with van der Waals surface area (Å²) in [5, 5.41) is 8.85. The highest BCUT2D eigenvalue weighted by Gasteiger charge is 2.22. The zero-order chi connectivity index (χ0) is 20.6. The summed E-state index contributed by atoms with van der Waals surface area (Å²) in [6, 6.07) is 8.54. The van der Waals surface area contributed by atoms with Gasteiger partial charge in [-0.3, -0.25) is 4.79 Å². The van der Waals surface area contributed by atoms with Crippen LogP contribution in [0.2, 0.25) is 0 Å². The Hall–Kier alpha value is -3.05. The highest BCUT2D eigenvalue weighted by Crippen LogP contribution is 2.29. The minimum atomic E-state index is -3.73. The largest absolute Gasteiger partial charge is 0.354 e. The van der Waals surface area contributed by atoms with E-state index >= 15 is 0 Å². The number of benzene rings is 2. The molecule has 0 bridgehead atoms. The first-order valence-corrected chi connectivity index (χ1v) is 10.1. The molecule has 0 amide bonds. The standard InChI is InChI=1S/C20H16F2N2O3S/c1-11(2)10-28(26,27)19-4-3-12(9-23)5-14(19)16-8-18(25)20-15(22)6-13(21)7-17(20)24-16/h3-8,11H,10H2,1-2H3,(H,24,25). The van der Waals surface area contributed by atoms with Crippen molar-refractivity contribution in [1.29, 1.82) is 5.26 Å². The van der Waals surface area contributed by atoms with Crippen LogP contribution in [0.4, 0.5) is 8.78 Å². The van der Waals surface area contributed by atoms with Crippen LogP contribution in [0.5, 0.6) is 0 Å². The van der Waals surface area contributed by atoms with E-state index in [2.05, 4.69) is 4.98 Å². The fraction of sp³-hybridized carbons (Fsp3) is 0.200. The highest BCUT2D eigenvalue weighted by atomic mass is 32.2. The molecule has 0 saturated carbocycles. The van der Waals surface area contributed by atoms with Crippen LogP contribution in [-0.2, 0) is 9.84 Å². The van der Waals surface area contributed by atoms with Gasteiger partial charge in [-0.2, -0.15) is 5.26 Å². The van der Waals surface area contributed by atoms with Gasteiger partial charge in [0.15, 0.2) is 15.3 Å². The lowest BCUT2D eigenvalue weighted by atomic mass is 10.1. The van der Waals surface area contributed by atoms with Gasteiger partial charge in [-0.05, 0) is 30.2 Å². The Morgan fingerprint density at radius 2 is 1.86 bits per heavy atom. The Balaban J connectivity index is 2.35. The van der Waals surface area contributed by atoms with E-state index in [1.54, 1.807) is 13.8 Å². The predicted octanol–water partition coefficient (Wildman–Crippen LogP) is 3.77. The van der Waals surface area contributed by atoms with E-state index in [0.29, 0.717) is 6.07 Å². The average Bonchev–Trinajstić information content (AvgIpc) is 2.59. The summed E-state index contributed by atoms with van der Waals surface area (Å²) in [6.45, 7) is 3.51. The number of aromatic nitrogens is 1. The van der Waals surface area contributed by atoms with Gasteiger partial charge < -0.3 is 4.98 Å². The van der Waals surface area contributed by atoms with Gasteiger partial charge in [-0.1, -0.05) is 13.8 Å². The van der Waals surface area contributed by atoms with Crippen LogP contribution >= 0.6 is 0 Å². The third kappa shape index (κ3) is 3.66. The molecule has 3 rings (SSSR count). The van der Waals surface area contributed by atoms with Crippen molar-refractivity contribution in [1.82, 2.24) is 4.98 Å². The first kappa shape index (κ1) is 19.7. The molecule has 8 heteroatoms. The van der Waals surface area contributed by atoms with Crippen molar-refractivity contribution in [2.45, 2.75) is 18.7 Å². The van der Waals surface area contributed by atoms with Crippen molar-refractivity contribution in [2.75, 3.05) is 5.75 Å². The number of halogens is 2. The van der Waals surface area contributed by atoms with Crippen LogP contribution in [0.3, 0.4) is 0 Å². The Bertz CT molecular complexity index is 1290. The van der Waals surface area contributed by atoms with Gasteiger partial charge in [-0.15, -0.1) is 0 Å². The number of nitrogens with one attached hydrogen (secondary N) is 1. The molecule has 0 spiro atoms. The number of sulfone groups is 1. The minimum Gasteiger partial charge on any atom is -0.354 e. The smallest absolute Gasteiger partial charge is 0.192 e. The SMILES string of the molecule is CC(C)CS(=O)(=O)c1ccc(C#N)cc1-c1cc(=O)c2c(F)cc(F)cc2[nH]1. The highest BCUT2D eigenvalue weighted by molar-refractivity contribution is 7.91. The Labute approximate surface area is 160 Å². The lowest BCUT2D eigenvalue weighted by Crippen LogP contribution is -2.14. The summed E-state index contributed by atoms with van der Waals surface area (Å²) in [6.07, 6.45) is 0. The number of aromatic amines is 1. The Morgan fingerprint density at radius 3 is 2.50 bits per heavy atom. The van der Waals surface area contributed by atoms with Crippen molar-refractivity contribution in [3.05, 3.63) is 63.8 Å². The topological polar surface area (TPSA) is 90.8 Å². The molecule has 0 aliphatic heterocycles. The third-order valence-corrected chi connectivity index (χ3v) is 6.26. The predicted molar refractivity (Wildman–Crippen MR) is 102 cm³/mol. The molecule has 2 aromatic carbocycles. The molecule has 0 radical (unpaired) electrons. The second kappa shape index (κ2) is 7.17. The van der Waals surface area contributed by atoms with Gasteiger partial charge in [0.25, 0.3) is 0 Å². The number of pyridine rings is 1. The van der Waals surface area contributed by atoms with Crippen molar-refractivity contribution in [3.8, 4) is 17.3 Å². The zero-order valence-electron chi connectivity index (χ0n) is 15.1. The summed E-state index contributed by atoms with van der Waals surface area (Å²) in [5.74, 6) is -2.17. The van der Waals surface area contributed by atoms with E-state index in [9.17, 15) is 27.3 Å². The van der Waals surface area contributed by atoms with E-state index in [1.165, 1.54) is 18.2 Å². The zero-order valence-corrected chi connectivity index (χ0v) is 15.9. The number of fused-ring (bicyclic) bond motifs is 1. The van der Waals surface area contributed by atoms with Crippen molar-refractivity contribution < 1.29 is 17.2 Å². The Morgan fingerprint density at radius 1 is 1.14 bits per heavy atom. The molecule has 0 unspecified atom stereocenters. The van der Waals surface area contributed by atoms with Crippen molar-refractivity contribution >= 4 is 20.7 Å². The lowest BCUT2D eigenvalue weighted by molar-refractivity contribution is 0.582. The van der Waals surface area contributed by atoms with E-state index in [4.69, 9.17) is 0 Å². The monoisotopic (exact) mass is 402 g/mol.